The first-order valence-corrected chi connectivity index (χ1v) is 4.56. The third-order valence-electron chi connectivity index (χ3n) is 1.70. The number of methoxy groups -OCH3 is 1. The molecule has 4 nitrogen and oxygen atoms in total. The van der Waals surface area contributed by atoms with Gasteiger partial charge in [0.05, 0.1) is 12.8 Å². The maximum Gasteiger partial charge on any atom is 0.425 e. The Balaban J connectivity index is 2.62. The maximum absolute atomic E-state index is 10.8. The summed E-state index contributed by atoms with van der Waals surface area (Å²) in [4.78, 5) is 10.8. The highest BCUT2D eigenvalue weighted by Gasteiger charge is 2.04. The lowest BCUT2D eigenvalue weighted by molar-refractivity contribution is 0.168. The Morgan fingerprint density at radius 3 is 2.67 bits per heavy atom. The highest BCUT2D eigenvalue weighted by Crippen LogP contribution is 2.19. The molecular weight excluding hydrogens is 216 g/mol. The number of nitrogens with one attached hydrogen (secondary N) is 2. The van der Waals surface area contributed by atoms with Gasteiger partial charge in [0, 0.05) is 10.6 Å². The Bertz CT molecular complexity index is 379. The Hall–Kier alpha value is -1.68. The maximum atomic E-state index is 10.8. The van der Waals surface area contributed by atoms with E-state index in [4.69, 9.17) is 11.6 Å². The van der Waals surface area contributed by atoms with Gasteiger partial charge in [0.2, 0.25) is 0 Å². The second kappa shape index (κ2) is 5.26. The molecule has 0 radical (unpaired) electrons. The monoisotopic (exact) mass is 226 g/mol. The van der Waals surface area contributed by atoms with E-state index in [9.17, 15) is 4.79 Å². The van der Waals surface area contributed by atoms with Crippen LogP contribution in [0.15, 0.2) is 30.8 Å². The van der Waals surface area contributed by atoms with Crippen molar-refractivity contribution in [1.82, 2.24) is 10.9 Å². The highest BCUT2D eigenvalue weighted by atomic mass is 35.5. The van der Waals surface area contributed by atoms with Gasteiger partial charge in [-0.3, -0.25) is 5.43 Å². The normalized spacial score (nSPS) is 9.20. The molecule has 0 aromatic heterocycles. The quantitative estimate of drug-likeness (QED) is 0.777. The van der Waals surface area contributed by atoms with Crippen LogP contribution in [0, 0.1) is 0 Å². The molecule has 1 amide bonds. The average Bonchev–Trinajstić information content (AvgIpc) is 2.26. The van der Waals surface area contributed by atoms with Gasteiger partial charge >= 0.3 is 6.09 Å². The number of hydrogen-bond donors (Lipinski definition) is 2. The van der Waals surface area contributed by atoms with Crippen LogP contribution in [0.2, 0.25) is 5.02 Å². The molecule has 0 atom stereocenters. The number of halogens is 1. The van der Waals surface area contributed by atoms with Crippen LogP contribution in [0.1, 0.15) is 5.56 Å². The molecule has 0 spiro atoms. The fourth-order valence-corrected chi connectivity index (χ4v) is 1.20. The molecule has 0 unspecified atom stereocenters. The van der Waals surface area contributed by atoms with Crippen LogP contribution in [-0.2, 0) is 4.74 Å². The zero-order chi connectivity index (χ0) is 11.3. The number of hydrazine groups is 1. The van der Waals surface area contributed by atoms with Gasteiger partial charge in [-0.2, -0.15) is 0 Å². The molecule has 0 saturated carbocycles. The van der Waals surface area contributed by atoms with Crippen LogP contribution in [0.25, 0.3) is 5.70 Å². The highest BCUT2D eigenvalue weighted by molar-refractivity contribution is 6.32. The predicted molar refractivity (Wildman–Crippen MR) is 59.2 cm³/mol. The largest absolute Gasteiger partial charge is 0.452 e. The summed E-state index contributed by atoms with van der Waals surface area (Å²) in [7, 11) is 1.27. The van der Waals surface area contributed by atoms with Crippen molar-refractivity contribution in [1.29, 1.82) is 0 Å². The zero-order valence-electron chi connectivity index (χ0n) is 8.21. The minimum absolute atomic E-state index is 0.492. The molecule has 0 aliphatic rings. The van der Waals surface area contributed by atoms with E-state index in [2.05, 4.69) is 22.2 Å². The Morgan fingerprint density at radius 2 is 2.07 bits per heavy atom. The van der Waals surface area contributed by atoms with Crippen molar-refractivity contribution in [3.05, 3.63) is 41.4 Å². The second-order valence-electron chi connectivity index (χ2n) is 2.70. The van der Waals surface area contributed by atoms with E-state index in [0.29, 0.717) is 10.7 Å². The van der Waals surface area contributed by atoms with E-state index < -0.39 is 6.09 Å². The van der Waals surface area contributed by atoms with Gasteiger partial charge in [-0.25, -0.2) is 10.2 Å². The lowest BCUT2D eigenvalue weighted by Crippen LogP contribution is -2.35. The Labute approximate surface area is 92.8 Å². The molecular formula is C10H11ClN2O2. The van der Waals surface area contributed by atoms with Gasteiger partial charge in [-0.15, -0.1) is 0 Å². The van der Waals surface area contributed by atoms with Gasteiger partial charge < -0.3 is 4.74 Å². The predicted octanol–water partition coefficient (Wildman–Crippen LogP) is 2.17. The van der Waals surface area contributed by atoms with Crippen molar-refractivity contribution in [2.45, 2.75) is 0 Å². The van der Waals surface area contributed by atoms with Crippen LogP contribution < -0.4 is 10.9 Å². The first-order valence-electron chi connectivity index (χ1n) is 4.19. The first-order chi connectivity index (χ1) is 7.15. The van der Waals surface area contributed by atoms with E-state index in [1.165, 1.54) is 7.11 Å². The number of ether oxygens (including phenoxy) is 1. The van der Waals surface area contributed by atoms with Crippen molar-refractivity contribution >= 4 is 23.4 Å². The van der Waals surface area contributed by atoms with Gasteiger partial charge in [0.15, 0.2) is 0 Å². The Morgan fingerprint density at radius 1 is 1.40 bits per heavy atom. The number of rotatable bonds is 3. The minimum Gasteiger partial charge on any atom is -0.452 e. The number of amides is 1. The van der Waals surface area contributed by atoms with Crippen LogP contribution in [0.5, 0.6) is 0 Å². The summed E-state index contributed by atoms with van der Waals surface area (Å²) in [5.74, 6) is 0. The molecule has 2 N–H and O–H groups in total. The fraction of sp³-hybridized carbons (Fsp3) is 0.100. The summed E-state index contributed by atoms with van der Waals surface area (Å²) >= 11 is 5.92. The Kier molecular flexibility index (Phi) is 4.00. The molecule has 0 saturated heterocycles. The van der Waals surface area contributed by atoms with E-state index in [-0.39, 0.29) is 0 Å². The van der Waals surface area contributed by atoms with Crippen molar-refractivity contribution < 1.29 is 9.53 Å². The van der Waals surface area contributed by atoms with E-state index >= 15 is 0 Å². The van der Waals surface area contributed by atoms with Crippen LogP contribution in [0.3, 0.4) is 0 Å². The summed E-state index contributed by atoms with van der Waals surface area (Å²) in [6, 6.07) is 7.16. The molecule has 0 aliphatic carbocycles. The van der Waals surface area contributed by atoms with Gasteiger partial charge in [-0.1, -0.05) is 36.4 Å². The summed E-state index contributed by atoms with van der Waals surface area (Å²) in [6.07, 6.45) is -0.594. The summed E-state index contributed by atoms with van der Waals surface area (Å²) in [5.41, 5.74) is 6.09. The number of carbonyl (C=O) groups is 1. The first kappa shape index (κ1) is 11.4. The molecule has 0 bridgehead atoms. The third kappa shape index (κ3) is 3.18. The standard InChI is InChI=1S/C10H11ClN2O2/c1-7(12-13-10(14)15-2)8-5-3-4-6-9(8)11/h3-6,12H,1H2,2H3,(H,13,14). The van der Waals surface area contributed by atoms with Crippen LogP contribution in [0.4, 0.5) is 4.79 Å². The summed E-state index contributed by atoms with van der Waals surface area (Å²) < 4.78 is 4.38. The van der Waals surface area contributed by atoms with Crippen LogP contribution in [-0.4, -0.2) is 13.2 Å². The number of carbonyl (C=O) groups excluding carboxylic acids is 1. The van der Waals surface area contributed by atoms with Crippen molar-refractivity contribution in [3.8, 4) is 0 Å². The van der Waals surface area contributed by atoms with E-state index in [1.807, 2.05) is 12.1 Å². The van der Waals surface area contributed by atoms with Crippen molar-refractivity contribution in [2.24, 2.45) is 0 Å². The van der Waals surface area contributed by atoms with Gasteiger partial charge in [-0.05, 0) is 6.07 Å². The summed E-state index contributed by atoms with van der Waals surface area (Å²) in [5, 5.41) is 0.557. The second-order valence-corrected chi connectivity index (χ2v) is 3.11. The molecule has 1 rings (SSSR count). The third-order valence-corrected chi connectivity index (χ3v) is 2.03. The number of benzene rings is 1. The van der Waals surface area contributed by atoms with Gasteiger partial charge in [0.1, 0.15) is 0 Å². The molecule has 0 fully saturated rings. The molecule has 0 aliphatic heterocycles. The summed E-state index contributed by atoms with van der Waals surface area (Å²) in [6.45, 7) is 3.73. The molecule has 1 aromatic rings. The van der Waals surface area contributed by atoms with Gasteiger partial charge in [0.25, 0.3) is 0 Å². The fourth-order valence-electron chi connectivity index (χ4n) is 0.951. The lowest BCUT2D eigenvalue weighted by atomic mass is 10.2. The van der Waals surface area contributed by atoms with Crippen molar-refractivity contribution in [3.63, 3.8) is 0 Å². The van der Waals surface area contributed by atoms with Crippen molar-refractivity contribution in [2.75, 3.05) is 7.11 Å². The smallest absolute Gasteiger partial charge is 0.425 e. The lowest BCUT2D eigenvalue weighted by Gasteiger charge is -2.11. The molecule has 15 heavy (non-hydrogen) atoms. The number of hydrogen-bond acceptors (Lipinski definition) is 3. The molecule has 1 aromatic carbocycles. The topological polar surface area (TPSA) is 50.4 Å². The zero-order valence-corrected chi connectivity index (χ0v) is 8.97. The van der Waals surface area contributed by atoms with E-state index in [1.54, 1.807) is 12.1 Å². The average molecular weight is 227 g/mol. The molecule has 5 heteroatoms. The van der Waals surface area contributed by atoms with E-state index in [0.717, 1.165) is 5.56 Å². The molecule has 0 heterocycles. The minimum atomic E-state index is -0.594. The SMILES string of the molecule is C=C(NNC(=O)OC)c1ccccc1Cl. The molecule has 80 valence electrons. The van der Waals surface area contributed by atoms with Crippen LogP contribution >= 0.6 is 11.6 Å².